The van der Waals surface area contributed by atoms with Crippen molar-refractivity contribution in [3.8, 4) is 17.6 Å². The van der Waals surface area contributed by atoms with Gasteiger partial charge in [-0.05, 0) is 18.9 Å². The van der Waals surface area contributed by atoms with E-state index >= 15 is 0 Å². The van der Waals surface area contributed by atoms with Gasteiger partial charge in [-0.1, -0.05) is 19.3 Å². The van der Waals surface area contributed by atoms with E-state index in [1.165, 1.54) is 13.5 Å². The lowest BCUT2D eigenvalue weighted by Gasteiger charge is -2.37. The second kappa shape index (κ2) is 5.50. The Bertz CT molecular complexity index is 500. The molecule has 1 aliphatic rings. The van der Waals surface area contributed by atoms with Crippen LogP contribution in [0.25, 0.3) is 0 Å². The van der Waals surface area contributed by atoms with Gasteiger partial charge >= 0.3 is 0 Å². The maximum Gasteiger partial charge on any atom is 0.162 e. The first-order valence-corrected chi connectivity index (χ1v) is 6.68. The average molecular weight is 260 g/mol. The van der Waals surface area contributed by atoms with E-state index in [-0.39, 0.29) is 11.2 Å². The summed E-state index contributed by atoms with van der Waals surface area (Å²) >= 11 is 0. The zero-order chi connectivity index (χ0) is 13.9. The van der Waals surface area contributed by atoms with Crippen molar-refractivity contribution in [2.24, 2.45) is 5.73 Å². The van der Waals surface area contributed by atoms with Crippen LogP contribution >= 0.6 is 0 Å². The summed E-state index contributed by atoms with van der Waals surface area (Å²) in [6.45, 7) is 0.485. The third-order valence-corrected chi connectivity index (χ3v) is 4.20. The molecular formula is C15H20N2O2. The van der Waals surface area contributed by atoms with Gasteiger partial charge in [0.25, 0.3) is 0 Å². The van der Waals surface area contributed by atoms with Gasteiger partial charge in [0.2, 0.25) is 0 Å². The fraction of sp³-hybridized carbons (Fsp3) is 0.533. The SMILES string of the molecule is COc1cc(C#N)cc(C2(CN)CCCCC2)c1O. The number of nitriles is 1. The lowest BCUT2D eigenvalue weighted by atomic mass is 9.69. The maximum atomic E-state index is 10.4. The highest BCUT2D eigenvalue weighted by Gasteiger charge is 2.36. The first-order chi connectivity index (χ1) is 9.16. The van der Waals surface area contributed by atoms with Gasteiger partial charge in [-0.15, -0.1) is 0 Å². The molecule has 4 nitrogen and oxygen atoms in total. The van der Waals surface area contributed by atoms with E-state index in [1.807, 2.05) is 0 Å². The molecule has 2 rings (SSSR count). The number of hydrogen-bond acceptors (Lipinski definition) is 4. The molecule has 0 atom stereocenters. The van der Waals surface area contributed by atoms with E-state index in [0.29, 0.717) is 17.9 Å². The first-order valence-electron chi connectivity index (χ1n) is 6.68. The van der Waals surface area contributed by atoms with Gasteiger partial charge in [0.15, 0.2) is 11.5 Å². The van der Waals surface area contributed by atoms with Crippen molar-refractivity contribution in [2.75, 3.05) is 13.7 Å². The summed E-state index contributed by atoms with van der Waals surface area (Å²) in [5.74, 6) is 0.487. The molecule has 1 aliphatic carbocycles. The summed E-state index contributed by atoms with van der Waals surface area (Å²) in [7, 11) is 1.50. The van der Waals surface area contributed by atoms with Crippen LogP contribution in [-0.2, 0) is 5.41 Å². The lowest BCUT2D eigenvalue weighted by molar-refractivity contribution is 0.285. The van der Waals surface area contributed by atoms with Crippen molar-refractivity contribution in [1.82, 2.24) is 0 Å². The van der Waals surface area contributed by atoms with Crippen molar-refractivity contribution in [3.63, 3.8) is 0 Å². The van der Waals surface area contributed by atoms with Crippen molar-refractivity contribution in [3.05, 3.63) is 23.3 Å². The highest BCUT2D eigenvalue weighted by atomic mass is 16.5. The minimum absolute atomic E-state index is 0.133. The van der Waals surface area contributed by atoms with Gasteiger partial charge in [0, 0.05) is 23.6 Å². The van der Waals surface area contributed by atoms with E-state index in [9.17, 15) is 5.11 Å². The fourth-order valence-corrected chi connectivity index (χ4v) is 3.04. The third-order valence-electron chi connectivity index (χ3n) is 4.20. The number of benzene rings is 1. The Labute approximate surface area is 113 Å². The summed E-state index contributed by atoms with van der Waals surface area (Å²) in [4.78, 5) is 0. The van der Waals surface area contributed by atoms with Crippen LogP contribution in [-0.4, -0.2) is 18.8 Å². The number of nitrogens with zero attached hydrogens (tertiary/aromatic N) is 1. The van der Waals surface area contributed by atoms with Crippen molar-refractivity contribution in [1.29, 1.82) is 5.26 Å². The zero-order valence-corrected chi connectivity index (χ0v) is 11.3. The van der Waals surface area contributed by atoms with Crippen LogP contribution in [0, 0.1) is 11.3 Å². The van der Waals surface area contributed by atoms with Gasteiger partial charge in [-0.2, -0.15) is 5.26 Å². The normalized spacial score (nSPS) is 17.7. The minimum atomic E-state index is -0.220. The summed E-state index contributed by atoms with van der Waals surface area (Å²) in [6.07, 6.45) is 5.33. The summed E-state index contributed by atoms with van der Waals surface area (Å²) in [5, 5.41) is 19.5. The predicted molar refractivity (Wildman–Crippen MR) is 73.2 cm³/mol. The Hall–Kier alpha value is -1.73. The van der Waals surface area contributed by atoms with E-state index in [4.69, 9.17) is 15.7 Å². The zero-order valence-electron chi connectivity index (χ0n) is 11.3. The van der Waals surface area contributed by atoms with Crippen LogP contribution in [0.2, 0.25) is 0 Å². The highest BCUT2D eigenvalue weighted by molar-refractivity contribution is 5.54. The number of nitrogens with two attached hydrogens (primary N) is 1. The van der Waals surface area contributed by atoms with Crippen molar-refractivity contribution in [2.45, 2.75) is 37.5 Å². The largest absolute Gasteiger partial charge is 0.504 e. The van der Waals surface area contributed by atoms with Gasteiger partial charge in [0.1, 0.15) is 0 Å². The van der Waals surface area contributed by atoms with Gasteiger partial charge in [0.05, 0.1) is 18.7 Å². The summed E-state index contributed by atoms with van der Waals surface area (Å²) in [6, 6.07) is 5.44. The van der Waals surface area contributed by atoms with Gasteiger partial charge in [-0.3, -0.25) is 0 Å². The quantitative estimate of drug-likeness (QED) is 0.874. The fourth-order valence-electron chi connectivity index (χ4n) is 3.04. The second-order valence-corrected chi connectivity index (χ2v) is 5.23. The Morgan fingerprint density at radius 3 is 2.58 bits per heavy atom. The number of rotatable bonds is 3. The molecule has 19 heavy (non-hydrogen) atoms. The molecule has 0 saturated heterocycles. The molecule has 0 aromatic heterocycles. The Morgan fingerprint density at radius 1 is 1.37 bits per heavy atom. The van der Waals surface area contributed by atoms with Crippen LogP contribution < -0.4 is 10.5 Å². The molecule has 1 aromatic carbocycles. The molecule has 0 radical (unpaired) electrons. The van der Waals surface area contributed by atoms with Crippen molar-refractivity contribution < 1.29 is 9.84 Å². The monoisotopic (exact) mass is 260 g/mol. The molecule has 1 fully saturated rings. The third kappa shape index (κ3) is 2.39. The average Bonchev–Trinajstić information content (AvgIpc) is 2.48. The molecule has 1 aromatic rings. The number of phenols is 1. The van der Waals surface area contributed by atoms with E-state index in [1.54, 1.807) is 12.1 Å². The summed E-state index contributed by atoms with van der Waals surface area (Å²) < 4.78 is 5.17. The molecule has 0 aliphatic heterocycles. The molecule has 102 valence electrons. The molecule has 0 amide bonds. The molecule has 3 N–H and O–H groups in total. The second-order valence-electron chi connectivity index (χ2n) is 5.23. The van der Waals surface area contributed by atoms with Gasteiger partial charge in [-0.25, -0.2) is 0 Å². The first kappa shape index (κ1) is 13.7. The van der Waals surface area contributed by atoms with Crippen LogP contribution in [0.15, 0.2) is 12.1 Å². The molecule has 0 unspecified atom stereocenters. The molecular weight excluding hydrogens is 240 g/mol. The van der Waals surface area contributed by atoms with E-state index in [2.05, 4.69) is 6.07 Å². The highest BCUT2D eigenvalue weighted by Crippen LogP contribution is 2.45. The van der Waals surface area contributed by atoms with Crippen LogP contribution in [0.5, 0.6) is 11.5 Å². The van der Waals surface area contributed by atoms with Crippen molar-refractivity contribution >= 4 is 0 Å². The number of aromatic hydroxyl groups is 1. The van der Waals surface area contributed by atoms with E-state index in [0.717, 1.165) is 31.2 Å². The summed E-state index contributed by atoms with van der Waals surface area (Å²) in [5.41, 5.74) is 7.04. The maximum absolute atomic E-state index is 10.4. The molecule has 4 heteroatoms. The Morgan fingerprint density at radius 2 is 2.05 bits per heavy atom. The molecule has 0 bridgehead atoms. The number of phenolic OH excluding ortho intramolecular Hbond substituents is 1. The topological polar surface area (TPSA) is 79.3 Å². The number of ether oxygens (including phenoxy) is 1. The molecule has 0 heterocycles. The predicted octanol–water partition coefficient (Wildman–Crippen LogP) is 2.43. The van der Waals surface area contributed by atoms with Crippen LogP contribution in [0.4, 0.5) is 0 Å². The minimum Gasteiger partial charge on any atom is -0.504 e. The smallest absolute Gasteiger partial charge is 0.162 e. The number of methoxy groups -OCH3 is 1. The number of hydrogen-bond donors (Lipinski definition) is 2. The lowest BCUT2D eigenvalue weighted by Crippen LogP contribution is -2.37. The molecule has 1 saturated carbocycles. The standard InChI is InChI=1S/C15H20N2O2/c1-19-13-8-11(9-16)7-12(14(13)18)15(10-17)5-3-2-4-6-15/h7-8,18H,2-6,10,17H2,1H3. The van der Waals surface area contributed by atoms with Gasteiger partial charge < -0.3 is 15.6 Å². The molecule has 0 spiro atoms. The Balaban J connectivity index is 2.56. The Kier molecular flexibility index (Phi) is 3.96. The van der Waals surface area contributed by atoms with Crippen LogP contribution in [0.1, 0.15) is 43.2 Å². The van der Waals surface area contributed by atoms with E-state index < -0.39 is 0 Å². The van der Waals surface area contributed by atoms with Crippen LogP contribution in [0.3, 0.4) is 0 Å².